The Balaban J connectivity index is 1.86. The maximum absolute atomic E-state index is 13.3. The van der Waals surface area contributed by atoms with Crippen molar-refractivity contribution in [1.29, 1.82) is 0 Å². The number of nitrogens with zero attached hydrogens (tertiary/aromatic N) is 2. The summed E-state index contributed by atoms with van der Waals surface area (Å²) >= 11 is 3.05. The summed E-state index contributed by atoms with van der Waals surface area (Å²) in [7, 11) is 3.05. The van der Waals surface area contributed by atoms with Crippen molar-refractivity contribution in [3.05, 3.63) is 39.6 Å². The smallest absolute Gasteiger partial charge is 0.436 e. The molecule has 1 aliphatic carbocycles. The SMILES string of the molecule is COc1ccc(OC)c(C(C)NC(=O)C(C)n2nc(C(F)(F)F)c(Br)c2C2CC2)c1. The first-order chi connectivity index (χ1) is 14.1. The van der Waals surface area contributed by atoms with Gasteiger partial charge in [-0.25, -0.2) is 0 Å². The number of benzene rings is 1. The topological polar surface area (TPSA) is 65.4 Å². The van der Waals surface area contributed by atoms with Crippen LogP contribution >= 0.6 is 15.9 Å². The molecule has 1 aromatic carbocycles. The van der Waals surface area contributed by atoms with E-state index in [1.807, 2.05) is 0 Å². The molecule has 0 bridgehead atoms. The first-order valence-electron chi connectivity index (χ1n) is 9.45. The molecule has 1 saturated carbocycles. The highest BCUT2D eigenvalue weighted by atomic mass is 79.9. The Kier molecular flexibility index (Phi) is 6.35. The van der Waals surface area contributed by atoms with E-state index in [0.29, 0.717) is 22.8 Å². The van der Waals surface area contributed by atoms with E-state index in [-0.39, 0.29) is 10.4 Å². The fourth-order valence-electron chi connectivity index (χ4n) is 3.33. The van der Waals surface area contributed by atoms with Crippen molar-refractivity contribution in [1.82, 2.24) is 15.1 Å². The molecule has 2 unspecified atom stereocenters. The third-order valence-corrected chi connectivity index (χ3v) is 5.91. The minimum Gasteiger partial charge on any atom is -0.497 e. The third kappa shape index (κ3) is 4.43. The predicted octanol–water partition coefficient (Wildman–Crippen LogP) is 5.00. The van der Waals surface area contributed by atoms with E-state index in [1.165, 1.54) is 25.8 Å². The lowest BCUT2D eigenvalue weighted by Crippen LogP contribution is -2.34. The Bertz CT molecular complexity index is 941. The van der Waals surface area contributed by atoms with Crippen molar-refractivity contribution in [3.63, 3.8) is 0 Å². The Labute approximate surface area is 180 Å². The molecule has 0 radical (unpaired) electrons. The number of halogens is 4. The monoisotopic (exact) mass is 489 g/mol. The van der Waals surface area contributed by atoms with E-state index < -0.39 is 29.9 Å². The van der Waals surface area contributed by atoms with Gasteiger partial charge in [-0.3, -0.25) is 9.48 Å². The summed E-state index contributed by atoms with van der Waals surface area (Å²) in [6.45, 7) is 3.31. The number of ether oxygens (including phenoxy) is 2. The predicted molar refractivity (Wildman–Crippen MR) is 108 cm³/mol. The van der Waals surface area contributed by atoms with Gasteiger partial charge in [-0.1, -0.05) is 0 Å². The molecule has 6 nitrogen and oxygen atoms in total. The first-order valence-corrected chi connectivity index (χ1v) is 10.2. The van der Waals surface area contributed by atoms with Gasteiger partial charge in [0.05, 0.1) is 30.4 Å². The lowest BCUT2D eigenvalue weighted by atomic mass is 10.1. The van der Waals surface area contributed by atoms with Crippen LogP contribution in [0.15, 0.2) is 22.7 Å². The number of methoxy groups -OCH3 is 2. The summed E-state index contributed by atoms with van der Waals surface area (Å²) in [5, 5.41) is 6.59. The van der Waals surface area contributed by atoms with Crippen molar-refractivity contribution in [2.24, 2.45) is 0 Å². The molecule has 2 aromatic rings. The van der Waals surface area contributed by atoms with E-state index in [1.54, 1.807) is 25.1 Å². The normalized spacial score (nSPS) is 16.1. The second kappa shape index (κ2) is 8.49. The highest BCUT2D eigenvalue weighted by Gasteiger charge is 2.43. The molecule has 0 saturated heterocycles. The van der Waals surface area contributed by atoms with Crippen LogP contribution in [-0.2, 0) is 11.0 Å². The van der Waals surface area contributed by atoms with Crippen LogP contribution in [0, 0.1) is 0 Å². The van der Waals surface area contributed by atoms with Crippen LogP contribution in [0.25, 0.3) is 0 Å². The van der Waals surface area contributed by atoms with E-state index in [9.17, 15) is 18.0 Å². The van der Waals surface area contributed by atoms with E-state index in [2.05, 4.69) is 26.3 Å². The van der Waals surface area contributed by atoms with Gasteiger partial charge in [-0.15, -0.1) is 0 Å². The van der Waals surface area contributed by atoms with Crippen molar-refractivity contribution in [2.45, 2.75) is 50.9 Å². The van der Waals surface area contributed by atoms with Crippen LogP contribution in [0.4, 0.5) is 13.2 Å². The largest absolute Gasteiger partial charge is 0.497 e. The first kappa shape index (κ1) is 22.5. The van der Waals surface area contributed by atoms with E-state index in [4.69, 9.17) is 9.47 Å². The summed E-state index contributed by atoms with van der Waals surface area (Å²) in [5.41, 5.74) is 0.0978. The van der Waals surface area contributed by atoms with Gasteiger partial charge in [0.1, 0.15) is 17.5 Å². The molecular weight excluding hydrogens is 467 g/mol. The van der Waals surface area contributed by atoms with Gasteiger partial charge in [0, 0.05) is 11.5 Å². The summed E-state index contributed by atoms with van der Waals surface area (Å²) in [4.78, 5) is 12.9. The van der Waals surface area contributed by atoms with Crippen molar-refractivity contribution >= 4 is 21.8 Å². The second-order valence-electron chi connectivity index (χ2n) is 7.28. The average Bonchev–Trinajstić information content (AvgIpc) is 3.47. The minimum absolute atomic E-state index is 0.0332. The molecule has 10 heteroatoms. The number of carbonyl (C=O) groups excluding carboxylic acids is 1. The number of amides is 1. The molecule has 3 rings (SSSR count). The maximum Gasteiger partial charge on any atom is 0.436 e. The standard InChI is InChI=1S/C20H23BrF3N3O3/c1-10(14-9-13(29-3)7-8-15(14)30-4)25-19(28)11(2)27-17(12-5-6-12)16(21)18(26-27)20(22,23)24/h7-12H,5-6H2,1-4H3,(H,25,28). The van der Waals surface area contributed by atoms with Crippen molar-refractivity contribution < 1.29 is 27.4 Å². The number of rotatable bonds is 7. The van der Waals surface area contributed by atoms with Crippen LogP contribution in [-0.4, -0.2) is 29.9 Å². The van der Waals surface area contributed by atoms with Gasteiger partial charge in [0.2, 0.25) is 5.91 Å². The zero-order valence-corrected chi connectivity index (χ0v) is 18.6. The van der Waals surface area contributed by atoms with Gasteiger partial charge in [0.15, 0.2) is 5.69 Å². The molecule has 1 N–H and O–H groups in total. The van der Waals surface area contributed by atoms with Gasteiger partial charge in [-0.2, -0.15) is 18.3 Å². The molecule has 30 heavy (non-hydrogen) atoms. The lowest BCUT2D eigenvalue weighted by molar-refractivity contribution is -0.142. The molecule has 1 aliphatic rings. The number of hydrogen-bond acceptors (Lipinski definition) is 4. The molecule has 1 heterocycles. The average molecular weight is 490 g/mol. The third-order valence-electron chi connectivity index (χ3n) is 5.13. The van der Waals surface area contributed by atoms with Crippen LogP contribution in [0.5, 0.6) is 11.5 Å². The highest BCUT2D eigenvalue weighted by molar-refractivity contribution is 9.10. The fraction of sp³-hybridized carbons (Fsp3) is 0.500. The van der Waals surface area contributed by atoms with Gasteiger partial charge >= 0.3 is 6.18 Å². The Hall–Kier alpha value is -2.23. The van der Waals surface area contributed by atoms with Crippen molar-refractivity contribution in [3.8, 4) is 11.5 Å². The second-order valence-corrected chi connectivity index (χ2v) is 8.07. The van der Waals surface area contributed by atoms with E-state index >= 15 is 0 Å². The molecule has 1 amide bonds. The highest BCUT2D eigenvalue weighted by Crippen LogP contribution is 2.47. The number of carbonyl (C=O) groups is 1. The Morgan fingerprint density at radius 2 is 1.93 bits per heavy atom. The molecule has 2 atom stereocenters. The zero-order valence-electron chi connectivity index (χ0n) is 17.0. The number of nitrogens with one attached hydrogen (secondary N) is 1. The van der Waals surface area contributed by atoms with Gasteiger partial charge in [-0.05, 0) is 60.8 Å². The molecule has 164 valence electrons. The number of aromatic nitrogens is 2. The number of alkyl halides is 3. The van der Waals surface area contributed by atoms with Crippen molar-refractivity contribution in [2.75, 3.05) is 14.2 Å². The van der Waals surface area contributed by atoms with Crippen LogP contribution in [0.3, 0.4) is 0 Å². The minimum atomic E-state index is -4.61. The van der Waals surface area contributed by atoms with Crippen LogP contribution in [0.2, 0.25) is 0 Å². The summed E-state index contributed by atoms with van der Waals surface area (Å²) in [6.07, 6.45) is -3.06. The zero-order chi connectivity index (χ0) is 22.2. The number of hydrogen-bond donors (Lipinski definition) is 1. The fourth-order valence-corrected chi connectivity index (χ4v) is 4.14. The maximum atomic E-state index is 13.3. The summed E-state index contributed by atoms with van der Waals surface area (Å²) in [6, 6.07) is 3.83. The van der Waals surface area contributed by atoms with Crippen LogP contribution < -0.4 is 14.8 Å². The van der Waals surface area contributed by atoms with Crippen LogP contribution in [0.1, 0.15) is 61.6 Å². The lowest BCUT2D eigenvalue weighted by Gasteiger charge is -2.21. The Morgan fingerprint density at radius 1 is 1.27 bits per heavy atom. The molecule has 0 aliphatic heterocycles. The van der Waals surface area contributed by atoms with E-state index in [0.717, 1.165) is 12.8 Å². The quantitative estimate of drug-likeness (QED) is 0.594. The Morgan fingerprint density at radius 3 is 2.47 bits per heavy atom. The van der Waals surface area contributed by atoms with Gasteiger partial charge < -0.3 is 14.8 Å². The summed E-state index contributed by atoms with van der Waals surface area (Å²) in [5.74, 6) is 0.685. The molecule has 0 spiro atoms. The molecule has 1 aromatic heterocycles. The van der Waals surface area contributed by atoms with Gasteiger partial charge in [0.25, 0.3) is 0 Å². The molecule has 1 fully saturated rings. The summed E-state index contributed by atoms with van der Waals surface area (Å²) < 4.78 is 51.7. The molecular formula is C20H23BrF3N3O3.